The van der Waals surface area contributed by atoms with Crippen LogP contribution in [0.4, 0.5) is 0 Å². The average molecular weight is 261 g/mol. The van der Waals surface area contributed by atoms with E-state index in [9.17, 15) is 8.42 Å². The molecule has 0 atom stereocenters. The number of nitrogens with two attached hydrogens (primary N) is 1. The van der Waals surface area contributed by atoms with Crippen molar-refractivity contribution < 1.29 is 8.42 Å². The van der Waals surface area contributed by atoms with Crippen LogP contribution in [0.25, 0.3) is 11.1 Å². The summed E-state index contributed by atoms with van der Waals surface area (Å²) in [6, 6.07) is 14.8. The molecule has 0 aliphatic carbocycles. The largest absolute Gasteiger partial charge is 0.326 e. The Hall–Kier alpha value is -1.65. The quantitative estimate of drug-likeness (QED) is 0.921. The Bertz CT molecular complexity index is 646. The number of hydrogen-bond acceptors (Lipinski definition) is 3. The Balaban J connectivity index is 2.40. The second-order valence-corrected chi connectivity index (χ2v) is 6.22. The molecule has 2 aromatic carbocycles. The lowest BCUT2D eigenvalue weighted by Gasteiger charge is -2.05. The van der Waals surface area contributed by atoms with E-state index in [0.717, 1.165) is 16.7 Å². The van der Waals surface area contributed by atoms with Crippen LogP contribution in [0.2, 0.25) is 0 Å². The summed E-state index contributed by atoms with van der Waals surface area (Å²) >= 11 is 0. The SMILES string of the molecule is CS(=O)(=O)c1ccc(-c2cccc(CN)c2)cc1. The predicted octanol–water partition coefficient (Wildman–Crippen LogP) is 2.22. The minimum Gasteiger partial charge on any atom is -0.326 e. The van der Waals surface area contributed by atoms with Gasteiger partial charge in [0.2, 0.25) is 0 Å². The molecule has 0 aliphatic heterocycles. The summed E-state index contributed by atoms with van der Waals surface area (Å²) in [7, 11) is -3.13. The van der Waals surface area contributed by atoms with Crippen LogP contribution < -0.4 is 5.73 Å². The zero-order valence-electron chi connectivity index (χ0n) is 10.1. The van der Waals surface area contributed by atoms with Gasteiger partial charge in [0.1, 0.15) is 0 Å². The van der Waals surface area contributed by atoms with Gasteiger partial charge in [0, 0.05) is 12.8 Å². The molecule has 3 nitrogen and oxygen atoms in total. The Kier molecular flexibility index (Phi) is 3.50. The van der Waals surface area contributed by atoms with E-state index in [1.807, 2.05) is 36.4 Å². The molecule has 2 aromatic rings. The zero-order chi connectivity index (χ0) is 13.2. The third-order valence-electron chi connectivity index (χ3n) is 2.78. The lowest BCUT2D eigenvalue weighted by Crippen LogP contribution is -1.97. The molecule has 18 heavy (non-hydrogen) atoms. The topological polar surface area (TPSA) is 60.2 Å². The fourth-order valence-corrected chi connectivity index (χ4v) is 2.40. The van der Waals surface area contributed by atoms with E-state index >= 15 is 0 Å². The van der Waals surface area contributed by atoms with Crippen LogP contribution in [0.3, 0.4) is 0 Å². The van der Waals surface area contributed by atoms with Gasteiger partial charge in [-0.15, -0.1) is 0 Å². The van der Waals surface area contributed by atoms with Gasteiger partial charge in [-0.2, -0.15) is 0 Å². The molecule has 0 radical (unpaired) electrons. The minimum atomic E-state index is -3.13. The molecular formula is C14H15NO2S. The molecule has 0 unspecified atom stereocenters. The molecule has 0 spiro atoms. The zero-order valence-corrected chi connectivity index (χ0v) is 10.9. The Morgan fingerprint density at radius 2 is 1.67 bits per heavy atom. The minimum absolute atomic E-state index is 0.334. The molecule has 0 aliphatic rings. The lowest BCUT2D eigenvalue weighted by atomic mass is 10.0. The number of sulfone groups is 1. The fourth-order valence-electron chi connectivity index (χ4n) is 1.77. The maximum absolute atomic E-state index is 11.4. The van der Waals surface area contributed by atoms with Crippen LogP contribution in [-0.4, -0.2) is 14.7 Å². The van der Waals surface area contributed by atoms with E-state index in [2.05, 4.69) is 0 Å². The molecule has 0 saturated heterocycles. The maximum atomic E-state index is 11.4. The van der Waals surface area contributed by atoms with Crippen molar-refractivity contribution in [2.45, 2.75) is 11.4 Å². The first kappa shape index (κ1) is 12.8. The highest BCUT2D eigenvalue weighted by Gasteiger charge is 2.06. The second kappa shape index (κ2) is 4.92. The summed E-state index contributed by atoms with van der Waals surface area (Å²) < 4.78 is 22.7. The van der Waals surface area contributed by atoms with Crippen LogP contribution >= 0.6 is 0 Å². The highest BCUT2D eigenvalue weighted by molar-refractivity contribution is 7.90. The molecule has 0 fully saturated rings. The summed E-state index contributed by atoms with van der Waals surface area (Å²) in [5, 5.41) is 0. The highest BCUT2D eigenvalue weighted by Crippen LogP contribution is 2.22. The van der Waals surface area contributed by atoms with Gasteiger partial charge in [-0.25, -0.2) is 8.42 Å². The highest BCUT2D eigenvalue weighted by atomic mass is 32.2. The lowest BCUT2D eigenvalue weighted by molar-refractivity contribution is 0.602. The predicted molar refractivity (Wildman–Crippen MR) is 72.9 cm³/mol. The third kappa shape index (κ3) is 2.78. The van der Waals surface area contributed by atoms with Crippen molar-refractivity contribution >= 4 is 9.84 Å². The van der Waals surface area contributed by atoms with Crippen LogP contribution in [0.5, 0.6) is 0 Å². The van der Waals surface area contributed by atoms with Crippen LogP contribution in [0.1, 0.15) is 5.56 Å². The van der Waals surface area contributed by atoms with Gasteiger partial charge < -0.3 is 5.73 Å². The fraction of sp³-hybridized carbons (Fsp3) is 0.143. The van der Waals surface area contributed by atoms with Crippen LogP contribution in [0.15, 0.2) is 53.4 Å². The smallest absolute Gasteiger partial charge is 0.175 e. The van der Waals surface area contributed by atoms with Gasteiger partial charge in [0.05, 0.1) is 4.90 Å². The van der Waals surface area contributed by atoms with Crippen molar-refractivity contribution in [3.8, 4) is 11.1 Å². The average Bonchev–Trinajstić information content (AvgIpc) is 2.38. The second-order valence-electron chi connectivity index (χ2n) is 4.20. The van der Waals surface area contributed by atoms with E-state index in [0.29, 0.717) is 11.4 Å². The van der Waals surface area contributed by atoms with Gasteiger partial charge in [-0.1, -0.05) is 30.3 Å². The molecule has 0 saturated carbocycles. The molecule has 2 N–H and O–H groups in total. The standard InChI is InChI=1S/C14H15NO2S/c1-18(16,17)14-7-5-12(6-8-14)13-4-2-3-11(9-13)10-15/h2-9H,10,15H2,1H3. The van der Waals surface area contributed by atoms with Crippen molar-refractivity contribution in [3.05, 3.63) is 54.1 Å². The Morgan fingerprint density at radius 1 is 1.00 bits per heavy atom. The third-order valence-corrected chi connectivity index (χ3v) is 3.91. The summed E-state index contributed by atoms with van der Waals surface area (Å²) in [6.45, 7) is 0.495. The Morgan fingerprint density at radius 3 is 2.22 bits per heavy atom. The van der Waals surface area contributed by atoms with E-state index in [4.69, 9.17) is 5.73 Å². The first-order valence-corrected chi connectivity index (χ1v) is 7.49. The van der Waals surface area contributed by atoms with E-state index in [-0.39, 0.29) is 0 Å². The van der Waals surface area contributed by atoms with E-state index < -0.39 is 9.84 Å². The van der Waals surface area contributed by atoms with Gasteiger partial charge in [0.15, 0.2) is 9.84 Å². The van der Waals surface area contributed by atoms with Crippen molar-refractivity contribution in [2.75, 3.05) is 6.26 Å². The number of benzene rings is 2. The summed E-state index contributed by atoms with van der Waals surface area (Å²) in [5.41, 5.74) is 8.68. The van der Waals surface area contributed by atoms with Crippen LogP contribution in [0, 0.1) is 0 Å². The molecule has 0 heterocycles. The van der Waals surface area contributed by atoms with E-state index in [1.54, 1.807) is 12.1 Å². The first-order valence-electron chi connectivity index (χ1n) is 5.60. The van der Waals surface area contributed by atoms with Crippen molar-refractivity contribution in [3.63, 3.8) is 0 Å². The summed E-state index contributed by atoms with van der Waals surface area (Å²) in [4.78, 5) is 0.334. The molecule has 2 rings (SSSR count). The van der Waals surface area contributed by atoms with Crippen LogP contribution in [-0.2, 0) is 16.4 Å². The molecule has 0 amide bonds. The summed E-state index contributed by atoms with van der Waals surface area (Å²) in [6.07, 6.45) is 1.21. The van der Waals surface area contributed by atoms with Gasteiger partial charge >= 0.3 is 0 Å². The number of rotatable bonds is 3. The normalized spacial score (nSPS) is 11.4. The number of hydrogen-bond donors (Lipinski definition) is 1. The summed E-state index contributed by atoms with van der Waals surface area (Å²) in [5.74, 6) is 0. The Labute approximate surface area is 107 Å². The van der Waals surface area contributed by atoms with E-state index in [1.165, 1.54) is 6.26 Å². The first-order chi connectivity index (χ1) is 8.50. The molecule has 0 bridgehead atoms. The molecular weight excluding hydrogens is 246 g/mol. The molecule has 4 heteroatoms. The van der Waals surface area contributed by atoms with Crippen molar-refractivity contribution in [2.24, 2.45) is 5.73 Å². The van der Waals surface area contributed by atoms with Gasteiger partial charge in [0.25, 0.3) is 0 Å². The maximum Gasteiger partial charge on any atom is 0.175 e. The van der Waals surface area contributed by atoms with Crippen molar-refractivity contribution in [1.29, 1.82) is 0 Å². The molecule has 0 aromatic heterocycles. The monoisotopic (exact) mass is 261 g/mol. The molecule has 94 valence electrons. The van der Waals surface area contributed by atoms with Gasteiger partial charge in [-0.05, 0) is 34.9 Å². The van der Waals surface area contributed by atoms with Gasteiger partial charge in [-0.3, -0.25) is 0 Å². The van der Waals surface area contributed by atoms with Crippen molar-refractivity contribution in [1.82, 2.24) is 0 Å².